The first-order valence-corrected chi connectivity index (χ1v) is 5.29. The molecule has 2 rings (SSSR count). The highest BCUT2D eigenvalue weighted by molar-refractivity contribution is 9.10. The van der Waals surface area contributed by atoms with Gasteiger partial charge in [-0.2, -0.15) is 0 Å². The summed E-state index contributed by atoms with van der Waals surface area (Å²) in [6.07, 6.45) is 0. The molecule has 14 heavy (non-hydrogen) atoms. The van der Waals surface area contributed by atoms with E-state index in [1.165, 1.54) is 0 Å². The van der Waals surface area contributed by atoms with Gasteiger partial charge in [-0.05, 0) is 25.1 Å². The zero-order valence-corrected chi connectivity index (χ0v) is 9.71. The van der Waals surface area contributed by atoms with Crippen LogP contribution in [0.5, 0.6) is 0 Å². The second-order valence-electron chi connectivity index (χ2n) is 3.22. The van der Waals surface area contributed by atoms with Crippen LogP contribution in [0.4, 0.5) is 0 Å². The first kappa shape index (κ1) is 9.52. The van der Waals surface area contributed by atoms with Crippen LogP contribution in [0.3, 0.4) is 0 Å². The highest BCUT2D eigenvalue weighted by Gasteiger charge is 2.08. The third kappa shape index (κ3) is 1.21. The monoisotopic (exact) mass is 254 g/mol. The summed E-state index contributed by atoms with van der Waals surface area (Å²) in [5, 5.41) is 0. The summed E-state index contributed by atoms with van der Waals surface area (Å²) in [5.74, 6) is 0. The van der Waals surface area contributed by atoms with Crippen molar-refractivity contribution < 1.29 is 0 Å². The molecule has 0 fully saturated rings. The minimum Gasteiger partial charge on any atom is -0.295 e. The molecule has 0 unspecified atom stereocenters. The van der Waals surface area contributed by atoms with E-state index in [4.69, 9.17) is 0 Å². The number of fused-ring (bicyclic) bond motifs is 1. The summed E-state index contributed by atoms with van der Waals surface area (Å²) >= 11 is 3.40. The van der Waals surface area contributed by atoms with Gasteiger partial charge in [0.2, 0.25) is 0 Å². The van der Waals surface area contributed by atoms with Crippen molar-refractivity contribution >= 4 is 27.0 Å². The first-order valence-electron chi connectivity index (χ1n) is 4.50. The molecule has 74 valence electrons. The van der Waals surface area contributed by atoms with E-state index in [2.05, 4.69) is 15.9 Å². The van der Waals surface area contributed by atoms with Gasteiger partial charge in [0, 0.05) is 18.1 Å². The Morgan fingerprint density at radius 2 is 2.07 bits per heavy atom. The number of halogens is 1. The molecule has 0 spiro atoms. The van der Waals surface area contributed by atoms with E-state index in [1.54, 1.807) is 16.2 Å². The average Bonchev–Trinajstić information content (AvgIpc) is 2.41. The van der Waals surface area contributed by atoms with Crippen LogP contribution in [0.25, 0.3) is 11.0 Å². The van der Waals surface area contributed by atoms with E-state index in [-0.39, 0.29) is 5.69 Å². The third-order valence-electron chi connectivity index (χ3n) is 2.42. The number of rotatable bonds is 1. The Morgan fingerprint density at radius 3 is 2.71 bits per heavy atom. The van der Waals surface area contributed by atoms with Gasteiger partial charge in [-0.3, -0.25) is 9.13 Å². The molecule has 0 aliphatic heterocycles. The quantitative estimate of drug-likeness (QED) is 0.766. The maximum absolute atomic E-state index is 11.7. The Balaban J connectivity index is 2.96. The largest absolute Gasteiger partial charge is 0.328 e. The summed E-state index contributed by atoms with van der Waals surface area (Å²) < 4.78 is 4.43. The van der Waals surface area contributed by atoms with Crippen LogP contribution in [0.1, 0.15) is 6.92 Å². The zero-order valence-electron chi connectivity index (χ0n) is 8.12. The van der Waals surface area contributed by atoms with Crippen molar-refractivity contribution in [2.75, 3.05) is 0 Å². The third-order valence-corrected chi connectivity index (χ3v) is 2.92. The number of hydrogen-bond donors (Lipinski definition) is 0. The Hall–Kier alpha value is -1.03. The van der Waals surface area contributed by atoms with Crippen molar-refractivity contribution in [1.29, 1.82) is 0 Å². The van der Waals surface area contributed by atoms with Gasteiger partial charge in [-0.1, -0.05) is 15.9 Å². The molecule has 1 heterocycles. The molecule has 0 saturated carbocycles. The minimum absolute atomic E-state index is 0.0422. The van der Waals surface area contributed by atoms with E-state index < -0.39 is 0 Å². The normalized spacial score (nSPS) is 11.1. The van der Waals surface area contributed by atoms with Crippen molar-refractivity contribution in [2.45, 2.75) is 13.5 Å². The lowest BCUT2D eigenvalue weighted by Crippen LogP contribution is -2.21. The molecule has 4 heteroatoms. The maximum atomic E-state index is 11.7. The topological polar surface area (TPSA) is 26.9 Å². The molecule has 0 aliphatic rings. The number of benzene rings is 1. The second-order valence-corrected chi connectivity index (χ2v) is 4.13. The van der Waals surface area contributed by atoms with Crippen LogP contribution in [-0.2, 0) is 13.6 Å². The van der Waals surface area contributed by atoms with Crippen LogP contribution >= 0.6 is 15.9 Å². The SMILES string of the molecule is CCn1c(=O)n(C)c2cc(Br)ccc21. The molecule has 0 saturated heterocycles. The number of hydrogen-bond acceptors (Lipinski definition) is 1. The smallest absolute Gasteiger partial charge is 0.295 e. The molecule has 0 amide bonds. The lowest BCUT2D eigenvalue weighted by atomic mass is 10.3. The number of aryl methyl sites for hydroxylation is 2. The van der Waals surface area contributed by atoms with Gasteiger partial charge in [0.05, 0.1) is 11.0 Å². The van der Waals surface area contributed by atoms with Crippen LogP contribution in [0, 0.1) is 0 Å². The van der Waals surface area contributed by atoms with Gasteiger partial charge in [0.15, 0.2) is 0 Å². The summed E-state index contributed by atoms with van der Waals surface area (Å²) in [6, 6.07) is 5.88. The molecule has 1 aromatic heterocycles. The van der Waals surface area contributed by atoms with Crippen LogP contribution in [0.15, 0.2) is 27.5 Å². The highest BCUT2D eigenvalue weighted by atomic mass is 79.9. The number of nitrogens with zero attached hydrogens (tertiary/aromatic N) is 2. The lowest BCUT2D eigenvalue weighted by Gasteiger charge is -1.96. The van der Waals surface area contributed by atoms with Gasteiger partial charge in [0.25, 0.3) is 0 Å². The predicted octanol–water partition coefficient (Wildman–Crippen LogP) is 2.12. The van der Waals surface area contributed by atoms with Crippen molar-refractivity contribution in [2.24, 2.45) is 7.05 Å². The molecule has 3 nitrogen and oxygen atoms in total. The number of imidazole rings is 1. The van der Waals surface area contributed by atoms with E-state index in [0.717, 1.165) is 15.5 Å². The highest BCUT2D eigenvalue weighted by Crippen LogP contribution is 2.18. The summed E-state index contributed by atoms with van der Waals surface area (Å²) in [6.45, 7) is 2.68. The van der Waals surface area contributed by atoms with E-state index >= 15 is 0 Å². The molecule has 0 N–H and O–H groups in total. The standard InChI is InChI=1S/C10H11BrN2O/c1-3-13-8-5-4-7(11)6-9(8)12(2)10(13)14/h4-6H,3H2,1-2H3. The second kappa shape index (κ2) is 3.28. The van der Waals surface area contributed by atoms with Crippen molar-refractivity contribution in [3.05, 3.63) is 33.2 Å². The Kier molecular flexibility index (Phi) is 2.23. The minimum atomic E-state index is 0.0422. The van der Waals surface area contributed by atoms with Gasteiger partial charge in [-0.25, -0.2) is 4.79 Å². The van der Waals surface area contributed by atoms with E-state index in [0.29, 0.717) is 6.54 Å². The lowest BCUT2D eigenvalue weighted by molar-refractivity contribution is 0.712. The van der Waals surface area contributed by atoms with Crippen LogP contribution in [-0.4, -0.2) is 9.13 Å². The van der Waals surface area contributed by atoms with Crippen molar-refractivity contribution in [3.8, 4) is 0 Å². The van der Waals surface area contributed by atoms with E-state index in [9.17, 15) is 4.79 Å². The fourth-order valence-corrected chi connectivity index (χ4v) is 2.04. The van der Waals surface area contributed by atoms with Crippen molar-refractivity contribution in [3.63, 3.8) is 0 Å². The fraction of sp³-hybridized carbons (Fsp3) is 0.300. The Bertz CT molecular complexity index is 539. The van der Waals surface area contributed by atoms with Crippen LogP contribution < -0.4 is 5.69 Å². The Morgan fingerprint density at radius 1 is 1.36 bits per heavy atom. The van der Waals surface area contributed by atoms with Gasteiger partial charge >= 0.3 is 5.69 Å². The molecule has 0 bridgehead atoms. The molecule has 0 radical (unpaired) electrons. The molecule has 0 atom stereocenters. The van der Waals surface area contributed by atoms with Crippen LogP contribution in [0.2, 0.25) is 0 Å². The molecule has 1 aromatic carbocycles. The Labute approximate surface area is 90.1 Å². The zero-order chi connectivity index (χ0) is 10.3. The summed E-state index contributed by atoms with van der Waals surface area (Å²) in [5.41, 5.74) is 2.00. The summed E-state index contributed by atoms with van der Waals surface area (Å²) in [7, 11) is 1.79. The van der Waals surface area contributed by atoms with Crippen molar-refractivity contribution in [1.82, 2.24) is 9.13 Å². The number of aromatic nitrogens is 2. The maximum Gasteiger partial charge on any atom is 0.328 e. The fourth-order valence-electron chi connectivity index (χ4n) is 1.69. The molecular formula is C10H11BrN2O. The summed E-state index contributed by atoms with van der Waals surface area (Å²) in [4.78, 5) is 11.7. The first-order chi connectivity index (χ1) is 6.65. The van der Waals surface area contributed by atoms with E-state index in [1.807, 2.05) is 25.1 Å². The molecule has 0 aliphatic carbocycles. The molecule has 2 aromatic rings. The molecular weight excluding hydrogens is 244 g/mol. The average molecular weight is 255 g/mol. The predicted molar refractivity (Wildman–Crippen MR) is 60.6 cm³/mol. The van der Waals surface area contributed by atoms with Gasteiger partial charge in [-0.15, -0.1) is 0 Å². The van der Waals surface area contributed by atoms with Gasteiger partial charge < -0.3 is 0 Å². The van der Waals surface area contributed by atoms with Gasteiger partial charge in [0.1, 0.15) is 0 Å².